The first kappa shape index (κ1) is 17.6. The van der Waals surface area contributed by atoms with Crippen molar-refractivity contribution in [2.24, 2.45) is 0 Å². The third-order valence-corrected chi connectivity index (χ3v) is 5.08. The lowest BCUT2D eigenvalue weighted by Crippen LogP contribution is -2.27. The van der Waals surface area contributed by atoms with Crippen LogP contribution in [0.1, 0.15) is 44.0 Å². The molecule has 0 atom stereocenters. The summed E-state index contributed by atoms with van der Waals surface area (Å²) in [6, 6.07) is 7.81. The molecule has 4 rings (SSSR count). The van der Waals surface area contributed by atoms with Crippen molar-refractivity contribution in [3.8, 4) is 11.8 Å². The highest BCUT2D eigenvalue weighted by atomic mass is 19.3. The van der Waals surface area contributed by atoms with Gasteiger partial charge in [0.25, 0.3) is 0 Å². The molecule has 0 saturated heterocycles. The van der Waals surface area contributed by atoms with E-state index in [4.69, 9.17) is 0 Å². The Hall–Kier alpha value is -2.81. The van der Waals surface area contributed by atoms with Gasteiger partial charge >= 0.3 is 6.61 Å². The molecule has 1 aliphatic heterocycles. The van der Waals surface area contributed by atoms with Crippen LogP contribution in [0.25, 0.3) is 16.5 Å². The molecule has 140 valence electrons. The van der Waals surface area contributed by atoms with E-state index in [1.54, 1.807) is 12.1 Å². The Bertz CT molecular complexity index is 977. The Morgan fingerprint density at radius 3 is 2.67 bits per heavy atom. The molecule has 2 aromatic rings. The molecule has 27 heavy (non-hydrogen) atoms. The third kappa shape index (κ3) is 3.18. The van der Waals surface area contributed by atoms with Crippen LogP contribution in [-0.2, 0) is 0 Å². The van der Waals surface area contributed by atoms with Gasteiger partial charge in [0.1, 0.15) is 11.8 Å². The van der Waals surface area contributed by atoms with Gasteiger partial charge in [0.2, 0.25) is 0 Å². The number of hydrogen-bond donors (Lipinski definition) is 0. The number of alkyl halides is 2. The van der Waals surface area contributed by atoms with Crippen LogP contribution in [0.15, 0.2) is 36.6 Å². The van der Waals surface area contributed by atoms with Gasteiger partial charge in [-0.1, -0.05) is 12.2 Å². The van der Waals surface area contributed by atoms with E-state index in [2.05, 4.69) is 46.4 Å². The molecule has 1 aromatic carbocycles. The molecule has 0 unspecified atom stereocenters. The van der Waals surface area contributed by atoms with Gasteiger partial charge in [-0.15, -0.1) is 0 Å². The lowest BCUT2D eigenvalue weighted by molar-refractivity contribution is -0.0497. The predicted octanol–water partition coefficient (Wildman–Crippen LogP) is 5.07. The minimum atomic E-state index is -2.87. The summed E-state index contributed by atoms with van der Waals surface area (Å²) < 4.78 is 32.0. The van der Waals surface area contributed by atoms with E-state index in [1.165, 1.54) is 6.07 Å². The minimum Gasteiger partial charge on any atom is -0.435 e. The molecule has 0 amide bonds. The number of allylic oxidation sites excluding steroid dienone is 2. The second-order valence-electron chi connectivity index (χ2n) is 7.27. The van der Waals surface area contributed by atoms with Gasteiger partial charge < -0.3 is 14.2 Å². The summed E-state index contributed by atoms with van der Waals surface area (Å²) in [5, 5.41) is 10.6. The van der Waals surface area contributed by atoms with Crippen molar-refractivity contribution in [1.82, 2.24) is 9.47 Å². The van der Waals surface area contributed by atoms with Gasteiger partial charge in [-0.25, -0.2) is 0 Å². The summed E-state index contributed by atoms with van der Waals surface area (Å²) in [4.78, 5) is 2.22. The van der Waals surface area contributed by atoms with E-state index in [0.29, 0.717) is 11.6 Å². The summed E-state index contributed by atoms with van der Waals surface area (Å²) in [6.45, 7) is 2.22. The number of halogens is 2. The van der Waals surface area contributed by atoms with E-state index in [1.807, 2.05) is 6.08 Å². The summed E-state index contributed by atoms with van der Waals surface area (Å²) in [5.74, 6) is 0.116. The van der Waals surface area contributed by atoms with E-state index >= 15 is 0 Å². The summed E-state index contributed by atoms with van der Waals surface area (Å²) >= 11 is 0. The molecule has 2 aliphatic rings. The maximum atomic E-state index is 12.6. The number of nitriles is 1. The Kier molecular flexibility index (Phi) is 4.39. The van der Waals surface area contributed by atoms with Crippen molar-refractivity contribution in [2.75, 3.05) is 6.54 Å². The van der Waals surface area contributed by atoms with Crippen LogP contribution in [0.5, 0.6) is 5.75 Å². The van der Waals surface area contributed by atoms with Crippen LogP contribution in [0.3, 0.4) is 0 Å². The number of benzene rings is 1. The number of rotatable bonds is 5. The fourth-order valence-corrected chi connectivity index (χ4v) is 3.65. The molecular weight excluding hydrogens is 348 g/mol. The molecule has 2 heterocycles. The van der Waals surface area contributed by atoms with Crippen LogP contribution in [0.2, 0.25) is 0 Å². The van der Waals surface area contributed by atoms with E-state index in [0.717, 1.165) is 41.6 Å². The molecule has 1 aliphatic carbocycles. The first-order chi connectivity index (χ1) is 13.0. The average molecular weight is 369 g/mol. The molecular formula is C21H21F2N3O. The first-order valence-corrected chi connectivity index (χ1v) is 9.17. The number of aromatic nitrogens is 1. The van der Waals surface area contributed by atoms with Gasteiger partial charge in [0.15, 0.2) is 0 Å². The molecule has 4 nitrogen and oxygen atoms in total. The highest BCUT2D eigenvalue weighted by Crippen LogP contribution is 2.44. The SMILES string of the molecule is CC(C)N1C=C(c2c(C#N)c3ccc(OC(F)F)cc3n2C2CC2)C=CC1. The first-order valence-electron chi connectivity index (χ1n) is 9.17. The highest BCUT2D eigenvalue weighted by molar-refractivity contribution is 5.95. The van der Waals surface area contributed by atoms with Crippen LogP contribution >= 0.6 is 0 Å². The van der Waals surface area contributed by atoms with Gasteiger partial charge in [0, 0.05) is 41.9 Å². The molecule has 1 fully saturated rings. The summed E-state index contributed by atoms with van der Waals surface area (Å²) in [7, 11) is 0. The Morgan fingerprint density at radius 1 is 1.26 bits per heavy atom. The van der Waals surface area contributed by atoms with Crippen molar-refractivity contribution in [2.45, 2.75) is 45.4 Å². The third-order valence-electron chi connectivity index (χ3n) is 5.08. The van der Waals surface area contributed by atoms with Crippen molar-refractivity contribution in [3.05, 3.63) is 47.8 Å². The highest BCUT2D eigenvalue weighted by Gasteiger charge is 2.31. The lowest BCUT2D eigenvalue weighted by Gasteiger charge is -2.27. The smallest absolute Gasteiger partial charge is 0.387 e. The zero-order valence-corrected chi connectivity index (χ0v) is 15.3. The average Bonchev–Trinajstić information content (AvgIpc) is 3.42. The maximum absolute atomic E-state index is 12.6. The summed E-state index contributed by atoms with van der Waals surface area (Å²) in [5.41, 5.74) is 3.21. The van der Waals surface area contributed by atoms with Crippen LogP contribution in [0.4, 0.5) is 8.78 Å². The second kappa shape index (κ2) is 6.73. The van der Waals surface area contributed by atoms with Crippen LogP contribution < -0.4 is 4.74 Å². The van der Waals surface area contributed by atoms with Crippen molar-refractivity contribution < 1.29 is 13.5 Å². The Morgan fingerprint density at radius 2 is 2.04 bits per heavy atom. The Balaban J connectivity index is 1.93. The number of ether oxygens (including phenoxy) is 1. The standard InChI is InChI=1S/C21H21F2N3O/c1-13(2)25-9-3-4-14(12-25)20-18(11-24)17-8-7-16(27-21(22)23)10-19(17)26(20)15-5-6-15/h3-4,7-8,10,12-13,15,21H,5-6,9H2,1-2H3. The van der Waals surface area contributed by atoms with E-state index in [-0.39, 0.29) is 11.8 Å². The fraction of sp³-hybridized carbons (Fsp3) is 0.381. The second-order valence-corrected chi connectivity index (χ2v) is 7.27. The van der Waals surface area contributed by atoms with Gasteiger partial charge in [-0.2, -0.15) is 14.0 Å². The largest absolute Gasteiger partial charge is 0.435 e. The zero-order chi connectivity index (χ0) is 19.1. The normalized spacial score (nSPS) is 16.9. The van der Waals surface area contributed by atoms with Crippen molar-refractivity contribution in [1.29, 1.82) is 5.26 Å². The maximum Gasteiger partial charge on any atom is 0.387 e. The van der Waals surface area contributed by atoms with Gasteiger partial charge in [-0.3, -0.25) is 0 Å². The topological polar surface area (TPSA) is 41.2 Å². The fourth-order valence-electron chi connectivity index (χ4n) is 3.65. The van der Waals surface area contributed by atoms with E-state index < -0.39 is 6.61 Å². The monoisotopic (exact) mass is 369 g/mol. The molecule has 0 radical (unpaired) electrons. The van der Waals surface area contributed by atoms with Crippen LogP contribution in [-0.4, -0.2) is 28.7 Å². The number of nitrogens with zero attached hydrogens (tertiary/aromatic N) is 3. The van der Waals surface area contributed by atoms with E-state index in [9.17, 15) is 14.0 Å². The van der Waals surface area contributed by atoms with Crippen LogP contribution in [0, 0.1) is 11.3 Å². The van der Waals surface area contributed by atoms with Gasteiger partial charge in [0.05, 0.1) is 16.8 Å². The molecule has 0 N–H and O–H groups in total. The molecule has 0 spiro atoms. The summed E-state index contributed by atoms with van der Waals surface area (Å²) in [6.07, 6.45) is 8.27. The molecule has 6 heteroatoms. The Labute approximate surface area is 156 Å². The zero-order valence-electron chi connectivity index (χ0n) is 15.3. The molecule has 0 bridgehead atoms. The molecule has 1 aromatic heterocycles. The van der Waals surface area contributed by atoms with Gasteiger partial charge in [-0.05, 0) is 38.8 Å². The molecule has 1 saturated carbocycles. The number of hydrogen-bond acceptors (Lipinski definition) is 3. The lowest BCUT2D eigenvalue weighted by atomic mass is 10.0. The minimum absolute atomic E-state index is 0.116. The predicted molar refractivity (Wildman–Crippen MR) is 101 cm³/mol. The van der Waals surface area contributed by atoms with Crippen molar-refractivity contribution in [3.63, 3.8) is 0 Å². The quantitative estimate of drug-likeness (QED) is 0.739. The number of fused-ring (bicyclic) bond motifs is 1. The van der Waals surface area contributed by atoms with Crippen molar-refractivity contribution >= 4 is 16.5 Å².